The molecule has 5 nitrogen and oxygen atoms in total. The van der Waals surface area contributed by atoms with Gasteiger partial charge in [-0.2, -0.15) is 0 Å². The molecule has 5 heteroatoms. The summed E-state index contributed by atoms with van der Waals surface area (Å²) in [6.07, 6.45) is 0.140. The number of para-hydroxylation sites is 1. The number of anilines is 1. The molecule has 0 aliphatic carbocycles. The van der Waals surface area contributed by atoms with Crippen LogP contribution in [0.25, 0.3) is 0 Å². The van der Waals surface area contributed by atoms with Gasteiger partial charge < -0.3 is 16.4 Å². The van der Waals surface area contributed by atoms with Crippen molar-refractivity contribution in [3.05, 3.63) is 65.2 Å². The quantitative estimate of drug-likeness (QED) is 0.763. The molecule has 0 fully saturated rings. The zero-order valence-electron chi connectivity index (χ0n) is 14.0. The SMILES string of the molecule is Cc1cccc(C)c1NC(=O)CNC(=O)CC(N)c1ccccc1. The molecule has 0 radical (unpaired) electrons. The molecule has 2 aromatic carbocycles. The van der Waals surface area contributed by atoms with Gasteiger partial charge in [-0.15, -0.1) is 0 Å². The van der Waals surface area contributed by atoms with Crippen molar-refractivity contribution in [2.24, 2.45) is 5.73 Å². The lowest BCUT2D eigenvalue weighted by atomic mass is 10.0. The molecular weight excluding hydrogens is 302 g/mol. The van der Waals surface area contributed by atoms with Crippen LogP contribution in [0.15, 0.2) is 48.5 Å². The van der Waals surface area contributed by atoms with Gasteiger partial charge in [-0.25, -0.2) is 0 Å². The molecule has 0 saturated heterocycles. The van der Waals surface area contributed by atoms with Gasteiger partial charge >= 0.3 is 0 Å². The molecule has 1 unspecified atom stereocenters. The molecule has 0 bridgehead atoms. The van der Waals surface area contributed by atoms with Gasteiger partial charge in [-0.3, -0.25) is 9.59 Å². The summed E-state index contributed by atoms with van der Waals surface area (Å²) in [5.74, 6) is -0.503. The molecule has 0 saturated carbocycles. The zero-order chi connectivity index (χ0) is 17.5. The normalized spacial score (nSPS) is 11.6. The first-order chi connectivity index (χ1) is 11.5. The smallest absolute Gasteiger partial charge is 0.243 e. The van der Waals surface area contributed by atoms with Gasteiger partial charge in [-0.1, -0.05) is 48.5 Å². The predicted molar refractivity (Wildman–Crippen MR) is 95.5 cm³/mol. The van der Waals surface area contributed by atoms with Crippen molar-refractivity contribution >= 4 is 17.5 Å². The van der Waals surface area contributed by atoms with Crippen LogP contribution in [0.5, 0.6) is 0 Å². The highest BCUT2D eigenvalue weighted by atomic mass is 16.2. The average Bonchev–Trinajstić information content (AvgIpc) is 2.57. The Morgan fingerprint density at radius 2 is 1.58 bits per heavy atom. The van der Waals surface area contributed by atoms with Crippen LogP contribution in [-0.2, 0) is 9.59 Å². The van der Waals surface area contributed by atoms with Crippen molar-refractivity contribution in [2.45, 2.75) is 26.3 Å². The molecule has 0 aliphatic heterocycles. The van der Waals surface area contributed by atoms with E-state index in [0.29, 0.717) is 0 Å². The first-order valence-corrected chi connectivity index (χ1v) is 7.90. The molecule has 24 heavy (non-hydrogen) atoms. The summed E-state index contributed by atoms with van der Waals surface area (Å²) in [6.45, 7) is 3.79. The number of hydrogen-bond acceptors (Lipinski definition) is 3. The maximum Gasteiger partial charge on any atom is 0.243 e. The summed E-state index contributed by atoms with van der Waals surface area (Å²) in [4.78, 5) is 24.0. The number of carbonyl (C=O) groups is 2. The number of aryl methyl sites for hydroxylation is 2. The Labute approximate surface area is 142 Å². The molecule has 0 spiro atoms. The molecule has 0 aromatic heterocycles. The lowest BCUT2D eigenvalue weighted by Gasteiger charge is -2.13. The minimum absolute atomic E-state index is 0.0753. The Balaban J connectivity index is 1.82. The summed E-state index contributed by atoms with van der Waals surface area (Å²) in [5.41, 5.74) is 9.66. The lowest BCUT2D eigenvalue weighted by Crippen LogP contribution is -2.34. The summed E-state index contributed by atoms with van der Waals surface area (Å²) >= 11 is 0. The van der Waals surface area contributed by atoms with Crippen molar-refractivity contribution in [3.8, 4) is 0 Å². The molecule has 0 heterocycles. The number of benzene rings is 2. The molecule has 1 atom stereocenters. The van der Waals surface area contributed by atoms with E-state index in [4.69, 9.17) is 5.73 Å². The molecule has 2 rings (SSSR count). The first kappa shape index (κ1) is 17.7. The first-order valence-electron chi connectivity index (χ1n) is 7.90. The van der Waals surface area contributed by atoms with E-state index in [2.05, 4.69) is 10.6 Å². The monoisotopic (exact) mass is 325 g/mol. The van der Waals surface area contributed by atoms with Crippen molar-refractivity contribution in [1.82, 2.24) is 5.32 Å². The molecule has 2 amide bonds. The molecular formula is C19H23N3O2. The van der Waals surface area contributed by atoms with E-state index in [-0.39, 0.29) is 30.8 Å². The highest BCUT2D eigenvalue weighted by Gasteiger charge is 2.13. The number of carbonyl (C=O) groups excluding carboxylic acids is 2. The minimum atomic E-state index is -0.382. The van der Waals surface area contributed by atoms with Crippen LogP contribution in [0.1, 0.15) is 29.2 Å². The van der Waals surface area contributed by atoms with E-state index >= 15 is 0 Å². The third-order valence-corrected chi connectivity index (χ3v) is 3.82. The van der Waals surface area contributed by atoms with E-state index in [1.54, 1.807) is 0 Å². The van der Waals surface area contributed by atoms with Crippen LogP contribution in [-0.4, -0.2) is 18.4 Å². The van der Waals surface area contributed by atoms with Crippen LogP contribution in [0.3, 0.4) is 0 Å². The average molecular weight is 325 g/mol. The van der Waals surface area contributed by atoms with Crippen molar-refractivity contribution in [2.75, 3.05) is 11.9 Å². The summed E-state index contributed by atoms with van der Waals surface area (Å²) in [5, 5.41) is 5.45. The van der Waals surface area contributed by atoms with Gasteiger partial charge in [0, 0.05) is 18.2 Å². The van der Waals surface area contributed by atoms with Crippen LogP contribution < -0.4 is 16.4 Å². The maximum atomic E-state index is 12.0. The summed E-state index contributed by atoms with van der Waals surface area (Å²) in [7, 11) is 0. The second-order valence-electron chi connectivity index (χ2n) is 5.81. The predicted octanol–water partition coefficient (Wildman–Crippen LogP) is 2.45. The Morgan fingerprint density at radius 3 is 2.21 bits per heavy atom. The van der Waals surface area contributed by atoms with Crippen molar-refractivity contribution in [3.63, 3.8) is 0 Å². The highest BCUT2D eigenvalue weighted by molar-refractivity contribution is 5.95. The summed E-state index contributed by atoms with van der Waals surface area (Å²) in [6, 6.07) is 14.8. The molecule has 126 valence electrons. The third kappa shape index (κ3) is 4.93. The van der Waals surface area contributed by atoms with Crippen molar-refractivity contribution < 1.29 is 9.59 Å². The fourth-order valence-corrected chi connectivity index (χ4v) is 2.46. The zero-order valence-corrected chi connectivity index (χ0v) is 14.0. The van der Waals surface area contributed by atoms with E-state index < -0.39 is 0 Å². The highest BCUT2D eigenvalue weighted by Crippen LogP contribution is 2.19. The Bertz CT molecular complexity index is 694. The van der Waals surface area contributed by atoms with Crippen LogP contribution in [0.2, 0.25) is 0 Å². The van der Waals surface area contributed by atoms with E-state index in [1.807, 2.05) is 62.4 Å². The Kier molecular flexibility index (Phi) is 6.09. The topological polar surface area (TPSA) is 84.2 Å². The number of nitrogens with two attached hydrogens (primary N) is 1. The second kappa shape index (κ2) is 8.26. The van der Waals surface area contributed by atoms with Gasteiger partial charge in [0.2, 0.25) is 11.8 Å². The fraction of sp³-hybridized carbons (Fsp3) is 0.263. The minimum Gasteiger partial charge on any atom is -0.347 e. The number of rotatable bonds is 6. The van der Waals surface area contributed by atoms with E-state index in [1.165, 1.54) is 0 Å². The maximum absolute atomic E-state index is 12.0. The fourth-order valence-electron chi connectivity index (χ4n) is 2.46. The van der Waals surface area contributed by atoms with Gasteiger partial charge in [0.15, 0.2) is 0 Å². The molecule has 4 N–H and O–H groups in total. The van der Waals surface area contributed by atoms with Crippen molar-refractivity contribution in [1.29, 1.82) is 0 Å². The lowest BCUT2D eigenvalue weighted by molar-refractivity contribution is -0.124. The van der Waals surface area contributed by atoms with E-state index in [0.717, 1.165) is 22.4 Å². The Hall–Kier alpha value is -2.66. The van der Waals surface area contributed by atoms with Crippen LogP contribution >= 0.6 is 0 Å². The van der Waals surface area contributed by atoms with Gasteiger partial charge in [0.1, 0.15) is 0 Å². The summed E-state index contributed by atoms with van der Waals surface area (Å²) < 4.78 is 0. The van der Waals surface area contributed by atoms with Gasteiger partial charge in [0.05, 0.1) is 6.54 Å². The molecule has 2 aromatic rings. The second-order valence-corrected chi connectivity index (χ2v) is 5.81. The largest absolute Gasteiger partial charge is 0.347 e. The standard InChI is InChI=1S/C19H23N3O2/c1-13-7-6-8-14(2)19(13)22-18(24)12-21-17(23)11-16(20)15-9-4-3-5-10-15/h3-10,16H,11-12,20H2,1-2H3,(H,21,23)(H,22,24). The molecule has 0 aliphatic rings. The van der Waals surface area contributed by atoms with Crippen LogP contribution in [0.4, 0.5) is 5.69 Å². The van der Waals surface area contributed by atoms with Gasteiger partial charge in [0.25, 0.3) is 0 Å². The Morgan fingerprint density at radius 1 is 0.958 bits per heavy atom. The third-order valence-electron chi connectivity index (χ3n) is 3.82. The van der Waals surface area contributed by atoms with Crippen LogP contribution in [0, 0.1) is 13.8 Å². The van der Waals surface area contributed by atoms with E-state index in [9.17, 15) is 9.59 Å². The number of nitrogens with one attached hydrogen (secondary N) is 2. The number of hydrogen-bond donors (Lipinski definition) is 3. The van der Waals surface area contributed by atoms with Gasteiger partial charge in [-0.05, 0) is 30.5 Å². The number of amides is 2.